The number of hydrogen-bond donors (Lipinski definition) is 0. The van der Waals surface area contributed by atoms with Gasteiger partial charge in [-0.1, -0.05) is 56.2 Å². The van der Waals surface area contributed by atoms with Gasteiger partial charge in [0.2, 0.25) is 0 Å². The van der Waals surface area contributed by atoms with E-state index in [2.05, 4.69) is 13.0 Å². The van der Waals surface area contributed by atoms with Gasteiger partial charge in [-0.2, -0.15) is 0 Å². The lowest BCUT2D eigenvalue weighted by Crippen LogP contribution is -1.91. The Hall–Kier alpha value is -1.63. The highest BCUT2D eigenvalue weighted by molar-refractivity contribution is 5.63. The van der Waals surface area contributed by atoms with Gasteiger partial charge in [-0.3, -0.25) is 0 Å². The van der Waals surface area contributed by atoms with Crippen molar-refractivity contribution in [1.82, 2.24) is 0 Å². The Kier molecular flexibility index (Phi) is 4.52. The highest BCUT2D eigenvalue weighted by atomic mass is 19.1. The molecule has 0 aliphatic carbocycles. The molecule has 0 heterocycles. The predicted octanol–water partition coefficient (Wildman–Crippen LogP) is 5.03. The Morgan fingerprint density at radius 2 is 1.78 bits per heavy atom. The number of aryl methyl sites for hydroxylation is 1. The molecule has 0 N–H and O–H groups in total. The lowest BCUT2D eigenvalue weighted by atomic mass is 10.0. The summed E-state index contributed by atoms with van der Waals surface area (Å²) in [5.41, 5.74) is 2.79. The molecule has 2 aromatic carbocycles. The maximum atomic E-state index is 14.0. The number of benzene rings is 2. The van der Waals surface area contributed by atoms with E-state index in [9.17, 15) is 4.39 Å². The molecule has 2 aromatic rings. The van der Waals surface area contributed by atoms with Crippen LogP contribution in [-0.2, 0) is 6.42 Å². The van der Waals surface area contributed by atoms with Gasteiger partial charge in [0.25, 0.3) is 0 Å². The second-order valence-electron chi connectivity index (χ2n) is 4.55. The molecule has 0 spiro atoms. The fraction of sp³-hybridized carbons (Fsp3) is 0.294. The van der Waals surface area contributed by atoms with E-state index < -0.39 is 0 Å². The van der Waals surface area contributed by atoms with E-state index in [0.717, 1.165) is 36.0 Å². The maximum Gasteiger partial charge on any atom is 0.127 e. The van der Waals surface area contributed by atoms with Crippen molar-refractivity contribution in [3.05, 3.63) is 59.9 Å². The first-order valence-electron chi connectivity index (χ1n) is 6.56. The molecular weight excluding hydrogens is 223 g/mol. The second-order valence-corrected chi connectivity index (χ2v) is 4.55. The zero-order valence-electron chi connectivity index (χ0n) is 10.7. The molecule has 0 amide bonds. The summed E-state index contributed by atoms with van der Waals surface area (Å²) in [6, 6.07) is 16.1. The van der Waals surface area contributed by atoms with E-state index in [4.69, 9.17) is 0 Å². The van der Waals surface area contributed by atoms with Crippen molar-refractivity contribution in [1.29, 1.82) is 0 Å². The number of unbranched alkanes of at least 4 members (excludes halogenated alkanes) is 2. The molecule has 0 atom stereocenters. The molecule has 2 rings (SSSR count). The van der Waals surface area contributed by atoms with Crippen LogP contribution in [0.15, 0.2) is 42.5 Å². The monoisotopic (exact) mass is 241 g/mol. The zero-order chi connectivity index (χ0) is 12.8. The first-order valence-corrected chi connectivity index (χ1v) is 6.56. The number of halogens is 1. The summed E-state index contributed by atoms with van der Waals surface area (Å²) >= 11 is 0. The van der Waals surface area contributed by atoms with E-state index in [0.29, 0.717) is 0 Å². The minimum atomic E-state index is -0.0866. The van der Waals surface area contributed by atoms with E-state index >= 15 is 0 Å². The van der Waals surface area contributed by atoms with Crippen LogP contribution in [-0.4, -0.2) is 0 Å². The quantitative estimate of drug-likeness (QED) is 0.644. The number of rotatable bonds is 5. The summed E-state index contributed by atoms with van der Waals surface area (Å²) in [4.78, 5) is 0. The molecule has 1 heteroatoms. The van der Waals surface area contributed by atoms with Gasteiger partial charge >= 0.3 is 0 Å². The van der Waals surface area contributed by atoms with Crippen LogP contribution in [0.4, 0.5) is 4.39 Å². The second kappa shape index (κ2) is 6.34. The fourth-order valence-electron chi connectivity index (χ4n) is 2.07. The van der Waals surface area contributed by atoms with Gasteiger partial charge in [0.05, 0.1) is 0 Å². The Bertz CT molecular complexity index is 488. The Morgan fingerprint density at radius 3 is 2.44 bits per heavy atom. The molecule has 0 aliphatic heterocycles. The van der Waals surface area contributed by atoms with Crippen LogP contribution in [0.1, 0.15) is 31.7 Å². The summed E-state index contributed by atoms with van der Waals surface area (Å²) in [6.07, 6.45) is 4.23. The van der Waals surface area contributed by atoms with Crippen LogP contribution in [0, 0.1) is 11.9 Å². The zero-order valence-corrected chi connectivity index (χ0v) is 10.7. The molecule has 93 valence electrons. The molecule has 1 radical (unpaired) electrons. The van der Waals surface area contributed by atoms with Gasteiger partial charge in [0.15, 0.2) is 0 Å². The van der Waals surface area contributed by atoms with Crippen molar-refractivity contribution in [2.45, 2.75) is 32.6 Å². The Labute approximate surface area is 108 Å². The molecule has 18 heavy (non-hydrogen) atoms. The Balaban J connectivity index is 2.15. The van der Waals surface area contributed by atoms with E-state index in [1.54, 1.807) is 6.07 Å². The van der Waals surface area contributed by atoms with Gasteiger partial charge in [0.1, 0.15) is 5.82 Å². The first-order chi connectivity index (χ1) is 8.81. The molecule has 0 fully saturated rings. The number of hydrogen-bond acceptors (Lipinski definition) is 0. The van der Waals surface area contributed by atoms with Crippen molar-refractivity contribution in [3.63, 3.8) is 0 Å². The molecular formula is C17H18F. The van der Waals surface area contributed by atoms with E-state index in [-0.39, 0.29) is 5.82 Å². The van der Waals surface area contributed by atoms with Crippen molar-refractivity contribution in [3.8, 4) is 11.1 Å². The third kappa shape index (κ3) is 3.19. The average molecular weight is 241 g/mol. The van der Waals surface area contributed by atoms with Crippen molar-refractivity contribution >= 4 is 0 Å². The van der Waals surface area contributed by atoms with Gasteiger partial charge in [0, 0.05) is 0 Å². The van der Waals surface area contributed by atoms with Crippen LogP contribution >= 0.6 is 0 Å². The van der Waals surface area contributed by atoms with Gasteiger partial charge in [-0.15, -0.1) is 0 Å². The first kappa shape index (κ1) is 12.8. The van der Waals surface area contributed by atoms with Gasteiger partial charge < -0.3 is 0 Å². The molecule has 0 bridgehead atoms. The highest BCUT2D eigenvalue weighted by Gasteiger charge is 2.04. The average Bonchev–Trinajstić information content (AvgIpc) is 2.42. The van der Waals surface area contributed by atoms with Crippen LogP contribution in [0.3, 0.4) is 0 Å². The smallest absolute Gasteiger partial charge is 0.127 e. The summed E-state index contributed by atoms with van der Waals surface area (Å²) < 4.78 is 14.0. The van der Waals surface area contributed by atoms with Crippen molar-refractivity contribution in [2.24, 2.45) is 0 Å². The van der Waals surface area contributed by atoms with Gasteiger partial charge in [-0.25, -0.2) is 4.39 Å². The lowest BCUT2D eigenvalue weighted by Gasteiger charge is -2.06. The highest BCUT2D eigenvalue weighted by Crippen LogP contribution is 2.22. The molecule has 0 saturated carbocycles. The largest absolute Gasteiger partial charge is 0.207 e. The third-order valence-electron chi connectivity index (χ3n) is 3.15. The maximum absolute atomic E-state index is 14.0. The standard InChI is InChI=1S/C17H18F/c1-2-3-5-10-15-11-12-16(13-17(15)18)14-8-6-4-7-9-14/h6-9,11-13H,2-3,5,10H2,1H3. The SMILES string of the molecule is CCCCCc1ccc(-c2cc[c]cc2)cc1F. The van der Waals surface area contributed by atoms with Crippen LogP contribution in [0.2, 0.25) is 0 Å². The topological polar surface area (TPSA) is 0 Å². The lowest BCUT2D eigenvalue weighted by molar-refractivity contribution is 0.599. The van der Waals surface area contributed by atoms with Crippen molar-refractivity contribution < 1.29 is 4.39 Å². The predicted molar refractivity (Wildman–Crippen MR) is 73.9 cm³/mol. The van der Waals surface area contributed by atoms with Crippen LogP contribution in [0.5, 0.6) is 0 Å². The minimum absolute atomic E-state index is 0.0866. The summed E-state index contributed by atoms with van der Waals surface area (Å²) in [6.45, 7) is 2.16. The third-order valence-corrected chi connectivity index (χ3v) is 3.15. The molecule has 0 unspecified atom stereocenters. The molecule has 0 saturated heterocycles. The normalized spacial score (nSPS) is 10.6. The van der Waals surface area contributed by atoms with Crippen LogP contribution < -0.4 is 0 Å². The summed E-state index contributed by atoms with van der Waals surface area (Å²) in [7, 11) is 0. The Morgan fingerprint density at radius 1 is 1.00 bits per heavy atom. The summed E-state index contributed by atoms with van der Waals surface area (Å²) in [5, 5.41) is 0. The van der Waals surface area contributed by atoms with Gasteiger partial charge in [-0.05, 0) is 41.7 Å². The minimum Gasteiger partial charge on any atom is -0.207 e. The summed E-state index contributed by atoms with van der Waals surface area (Å²) in [5.74, 6) is -0.0866. The molecule has 0 aliphatic rings. The molecule has 0 aromatic heterocycles. The fourth-order valence-corrected chi connectivity index (χ4v) is 2.07. The molecule has 0 nitrogen and oxygen atoms in total. The van der Waals surface area contributed by atoms with Crippen LogP contribution in [0.25, 0.3) is 11.1 Å². The van der Waals surface area contributed by atoms with E-state index in [1.165, 1.54) is 6.42 Å². The van der Waals surface area contributed by atoms with E-state index in [1.807, 2.05) is 36.4 Å². The van der Waals surface area contributed by atoms with Crippen molar-refractivity contribution in [2.75, 3.05) is 0 Å².